The van der Waals surface area contributed by atoms with E-state index in [9.17, 15) is 4.79 Å². The minimum absolute atomic E-state index is 0.00519. The number of carbonyl (C=O) groups excluding carboxylic acids is 1. The molecule has 0 aliphatic carbocycles. The van der Waals surface area contributed by atoms with Gasteiger partial charge in [0, 0.05) is 25.0 Å². The van der Waals surface area contributed by atoms with Crippen molar-refractivity contribution in [2.75, 3.05) is 18.4 Å². The fourth-order valence-electron chi connectivity index (χ4n) is 2.65. The van der Waals surface area contributed by atoms with E-state index in [1.807, 2.05) is 36.1 Å². The third kappa shape index (κ3) is 3.42. The largest absolute Gasteiger partial charge is 0.337 e. The van der Waals surface area contributed by atoms with Gasteiger partial charge in [0.1, 0.15) is 5.69 Å². The van der Waals surface area contributed by atoms with Crippen LogP contribution in [0.5, 0.6) is 0 Å². The summed E-state index contributed by atoms with van der Waals surface area (Å²) in [5, 5.41) is 3.15. The highest BCUT2D eigenvalue weighted by Gasteiger charge is 2.19. The topological polar surface area (TPSA) is 58.1 Å². The Balaban J connectivity index is 1.75. The molecule has 5 nitrogen and oxygen atoms in total. The van der Waals surface area contributed by atoms with Crippen LogP contribution in [0.4, 0.5) is 11.6 Å². The molecule has 22 heavy (non-hydrogen) atoms. The fraction of sp³-hybridized carbons (Fsp3) is 0.353. The molecule has 1 aliphatic heterocycles. The number of rotatable bonds is 3. The van der Waals surface area contributed by atoms with Gasteiger partial charge in [-0.2, -0.15) is 0 Å². The van der Waals surface area contributed by atoms with Crippen molar-refractivity contribution < 1.29 is 4.79 Å². The second kappa shape index (κ2) is 6.56. The predicted molar refractivity (Wildman–Crippen MR) is 86.2 cm³/mol. The zero-order valence-electron chi connectivity index (χ0n) is 12.7. The van der Waals surface area contributed by atoms with Gasteiger partial charge in [-0.05, 0) is 49.9 Å². The zero-order chi connectivity index (χ0) is 15.4. The Morgan fingerprint density at radius 2 is 2.00 bits per heavy atom. The van der Waals surface area contributed by atoms with E-state index in [4.69, 9.17) is 0 Å². The van der Waals surface area contributed by atoms with Gasteiger partial charge >= 0.3 is 0 Å². The van der Waals surface area contributed by atoms with Crippen LogP contribution in [0.2, 0.25) is 0 Å². The number of aromatic nitrogens is 2. The number of nitrogens with one attached hydrogen (secondary N) is 1. The van der Waals surface area contributed by atoms with Gasteiger partial charge in [0.25, 0.3) is 5.91 Å². The first kappa shape index (κ1) is 14.5. The van der Waals surface area contributed by atoms with Gasteiger partial charge in [0.15, 0.2) is 0 Å². The number of nitrogens with zero attached hydrogens (tertiary/aromatic N) is 3. The molecule has 0 spiro atoms. The molecule has 0 radical (unpaired) electrons. The van der Waals surface area contributed by atoms with Gasteiger partial charge in [0.2, 0.25) is 5.95 Å². The third-order valence-corrected chi connectivity index (χ3v) is 3.79. The van der Waals surface area contributed by atoms with Gasteiger partial charge < -0.3 is 10.2 Å². The molecule has 1 saturated heterocycles. The minimum Gasteiger partial charge on any atom is -0.337 e. The fourth-order valence-corrected chi connectivity index (χ4v) is 2.65. The highest BCUT2D eigenvalue weighted by molar-refractivity contribution is 5.92. The molecular formula is C17H20N4O. The average molecular weight is 296 g/mol. The third-order valence-electron chi connectivity index (χ3n) is 3.79. The Labute approximate surface area is 130 Å². The minimum atomic E-state index is -0.00519. The summed E-state index contributed by atoms with van der Waals surface area (Å²) in [6.07, 6.45) is 4.98. The van der Waals surface area contributed by atoms with E-state index in [1.165, 1.54) is 6.42 Å². The van der Waals surface area contributed by atoms with Crippen molar-refractivity contribution in [2.45, 2.75) is 26.2 Å². The van der Waals surface area contributed by atoms with Crippen LogP contribution in [0.3, 0.4) is 0 Å². The standard InChI is InChI=1S/C17H20N4O/c1-13-6-5-7-14(12-13)19-17-18-9-8-15(20-17)16(22)21-10-3-2-4-11-21/h5-9,12H,2-4,10-11H2,1H3,(H,18,19,20). The van der Waals surface area contributed by atoms with Crippen molar-refractivity contribution in [3.63, 3.8) is 0 Å². The maximum Gasteiger partial charge on any atom is 0.272 e. The molecule has 0 unspecified atom stereocenters. The molecular weight excluding hydrogens is 276 g/mol. The monoisotopic (exact) mass is 296 g/mol. The van der Waals surface area contributed by atoms with Gasteiger partial charge in [-0.1, -0.05) is 12.1 Å². The van der Waals surface area contributed by atoms with E-state index in [1.54, 1.807) is 12.3 Å². The molecule has 114 valence electrons. The highest BCUT2D eigenvalue weighted by Crippen LogP contribution is 2.16. The summed E-state index contributed by atoms with van der Waals surface area (Å²) in [5.74, 6) is 0.447. The molecule has 1 aromatic carbocycles. The summed E-state index contributed by atoms with van der Waals surface area (Å²) in [4.78, 5) is 22.9. The average Bonchev–Trinajstić information content (AvgIpc) is 2.55. The van der Waals surface area contributed by atoms with Crippen molar-refractivity contribution >= 4 is 17.5 Å². The first-order chi connectivity index (χ1) is 10.7. The number of hydrogen-bond donors (Lipinski definition) is 1. The quantitative estimate of drug-likeness (QED) is 0.945. The molecule has 1 amide bonds. The Morgan fingerprint density at radius 3 is 2.77 bits per heavy atom. The van der Waals surface area contributed by atoms with E-state index in [0.717, 1.165) is 37.2 Å². The number of anilines is 2. The van der Waals surface area contributed by atoms with Crippen molar-refractivity contribution in [2.24, 2.45) is 0 Å². The molecule has 2 aromatic rings. The van der Waals surface area contributed by atoms with Crippen LogP contribution in [0.1, 0.15) is 35.3 Å². The van der Waals surface area contributed by atoms with E-state index in [2.05, 4.69) is 15.3 Å². The first-order valence-corrected chi connectivity index (χ1v) is 7.68. The van der Waals surface area contributed by atoms with E-state index >= 15 is 0 Å². The molecule has 0 bridgehead atoms. The molecule has 0 atom stereocenters. The van der Waals surface area contributed by atoms with Crippen LogP contribution in [0.15, 0.2) is 36.5 Å². The lowest BCUT2D eigenvalue weighted by Gasteiger charge is -2.26. The number of piperidine rings is 1. The van der Waals surface area contributed by atoms with E-state index in [-0.39, 0.29) is 5.91 Å². The molecule has 1 aromatic heterocycles. The van der Waals surface area contributed by atoms with Gasteiger partial charge in [-0.3, -0.25) is 4.79 Å². The maximum absolute atomic E-state index is 12.5. The number of aryl methyl sites for hydroxylation is 1. The summed E-state index contributed by atoms with van der Waals surface area (Å²) in [6, 6.07) is 9.65. The Hall–Kier alpha value is -2.43. The van der Waals surface area contributed by atoms with Crippen molar-refractivity contribution in [1.82, 2.24) is 14.9 Å². The van der Waals surface area contributed by atoms with Gasteiger partial charge in [-0.15, -0.1) is 0 Å². The first-order valence-electron chi connectivity index (χ1n) is 7.68. The number of carbonyl (C=O) groups is 1. The molecule has 1 N–H and O–H groups in total. The summed E-state index contributed by atoms with van der Waals surface area (Å²) >= 11 is 0. The lowest BCUT2D eigenvalue weighted by Crippen LogP contribution is -2.36. The van der Waals surface area contributed by atoms with E-state index in [0.29, 0.717) is 11.6 Å². The molecule has 0 saturated carbocycles. The summed E-state index contributed by atoms with van der Waals surface area (Å²) in [7, 11) is 0. The van der Waals surface area contributed by atoms with Crippen LogP contribution in [-0.4, -0.2) is 33.9 Å². The lowest BCUT2D eigenvalue weighted by atomic mass is 10.1. The Bertz CT molecular complexity index is 665. The Kier molecular flexibility index (Phi) is 4.32. The van der Waals surface area contributed by atoms with Crippen molar-refractivity contribution in [3.05, 3.63) is 47.8 Å². The second-order valence-electron chi connectivity index (χ2n) is 5.61. The number of hydrogen-bond acceptors (Lipinski definition) is 4. The number of benzene rings is 1. The number of amides is 1. The van der Waals surface area contributed by atoms with Crippen LogP contribution in [0, 0.1) is 6.92 Å². The molecule has 5 heteroatoms. The normalized spacial score (nSPS) is 14.7. The van der Waals surface area contributed by atoms with E-state index < -0.39 is 0 Å². The summed E-state index contributed by atoms with van der Waals surface area (Å²) in [6.45, 7) is 3.68. The second-order valence-corrected chi connectivity index (χ2v) is 5.61. The molecule has 1 fully saturated rings. The van der Waals surface area contributed by atoms with Crippen LogP contribution in [-0.2, 0) is 0 Å². The predicted octanol–water partition coefficient (Wildman–Crippen LogP) is 3.15. The van der Waals surface area contributed by atoms with Crippen molar-refractivity contribution in [3.8, 4) is 0 Å². The zero-order valence-corrected chi connectivity index (χ0v) is 12.7. The summed E-state index contributed by atoms with van der Waals surface area (Å²) in [5.41, 5.74) is 2.53. The Morgan fingerprint density at radius 1 is 1.18 bits per heavy atom. The SMILES string of the molecule is Cc1cccc(Nc2nccc(C(=O)N3CCCCC3)n2)c1. The maximum atomic E-state index is 12.5. The molecule has 3 rings (SSSR count). The van der Waals surface area contributed by atoms with Gasteiger partial charge in [-0.25, -0.2) is 9.97 Å². The van der Waals surface area contributed by atoms with Crippen LogP contribution in [0.25, 0.3) is 0 Å². The van der Waals surface area contributed by atoms with Crippen LogP contribution >= 0.6 is 0 Å². The van der Waals surface area contributed by atoms with Gasteiger partial charge in [0.05, 0.1) is 0 Å². The summed E-state index contributed by atoms with van der Waals surface area (Å²) < 4.78 is 0. The molecule has 2 heterocycles. The highest BCUT2D eigenvalue weighted by atomic mass is 16.2. The van der Waals surface area contributed by atoms with Crippen LogP contribution < -0.4 is 5.32 Å². The lowest BCUT2D eigenvalue weighted by molar-refractivity contribution is 0.0718. The number of likely N-dealkylation sites (tertiary alicyclic amines) is 1. The molecule has 1 aliphatic rings. The van der Waals surface area contributed by atoms with Crippen molar-refractivity contribution in [1.29, 1.82) is 0 Å². The smallest absolute Gasteiger partial charge is 0.272 e.